The van der Waals surface area contributed by atoms with Gasteiger partial charge in [0.2, 0.25) is 5.91 Å². The fourth-order valence-electron chi connectivity index (χ4n) is 1.39. The minimum Gasteiger partial charge on any atom is -0.490 e. The van der Waals surface area contributed by atoms with Gasteiger partial charge in [0, 0.05) is 18.4 Å². The maximum absolute atomic E-state index is 13.2. The summed E-state index contributed by atoms with van der Waals surface area (Å²) in [5, 5.41) is 11.2. The van der Waals surface area contributed by atoms with Crippen LogP contribution in [0, 0.1) is 5.82 Å². The van der Waals surface area contributed by atoms with Crippen molar-refractivity contribution < 1.29 is 23.8 Å². The molecule has 110 valence electrons. The number of carboxylic acid groups (broad SMARTS) is 1. The second kappa shape index (κ2) is 8.42. The van der Waals surface area contributed by atoms with Crippen LogP contribution in [0.5, 0.6) is 5.75 Å². The molecular formula is C13H16FNO4S. The van der Waals surface area contributed by atoms with Crippen LogP contribution in [-0.2, 0) is 9.59 Å². The lowest BCUT2D eigenvalue weighted by molar-refractivity contribution is -0.140. The number of carbonyl (C=O) groups is 2. The van der Waals surface area contributed by atoms with Crippen molar-refractivity contribution in [3.63, 3.8) is 0 Å². The van der Waals surface area contributed by atoms with Crippen molar-refractivity contribution in [1.29, 1.82) is 0 Å². The molecule has 0 aliphatic rings. The highest BCUT2D eigenvalue weighted by Crippen LogP contribution is 2.15. The first-order valence-corrected chi connectivity index (χ1v) is 7.11. The monoisotopic (exact) mass is 301 g/mol. The maximum atomic E-state index is 13.2. The smallest absolute Gasteiger partial charge is 0.327 e. The van der Waals surface area contributed by atoms with E-state index >= 15 is 0 Å². The molecule has 0 radical (unpaired) electrons. The lowest BCUT2D eigenvalue weighted by Gasteiger charge is -2.13. The van der Waals surface area contributed by atoms with Gasteiger partial charge in [-0.15, -0.1) is 0 Å². The maximum Gasteiger partial charge on any atom is 0.327 e. The number of thioether (sulfide) groups is 1. The first-order chi connectivity index (χ1) is 9.50. The predicted octanol–water partition coefficient (Wildman–Crippen LogP) is 1.53. The van der Waals surface area contributed by atoms with Crippen LogP contribution in [-0.4, -0.2) is 41.1 Å². The summed E-state index contributed by atoms with van der Waals surface area (Å²) in [6.45, 7) is 1.53. The van der Waals surface area contributed by atoms with Crippen LogP contribution < -0.4 is 10.1 Å². The summed E-state index contributed by atoms with van der Waals surface area (Å²) < 4.78 is 18.4. The zero-order chi connectivity index (χ0) is 15.0. The third-order valence-corrected chi connectivity index (χ3v) is 3.31. The van der Waals surface area contributed by atoms with Crippen LogP contribution in [0.15, 0.2) is 24.3 Å². The fraction of sp³-hybridized carbons (Fsp3) is 0.385. The number of carbonyl (C=O) groups excluding carboxylic acids is 1. The number of hydrogen-bond donors (Lipinski definition) is 2. The van der Waals surface area contributed by atoms with Crippen LogP contribution >= 0.6 is 11.8 Å². The average Bonchev–Trinajstić information content (AvgIpc) is 2.38. The van der Waals surface area contributed by atoms with Crippen molar-refractivity contribution in [2.75, 3.05) is 18.1 Å². The number of halogens is 1. The Hall–Kier alpha value is -1.76. The number of amides is 1. The minimum atomic E-state index is -1.08. The standard InChI is InChI=1S/C13H16FNO4S/c1-9(16)15-11(13(17)18)8-20-7-6-19-12-5-3-2-4-10(12)14/h2-5,11H,6-8H2,1H3,(H,15,16)(H,17,18)/t11-/m0/s1. The Morgan fingerprint density at radius 1 is 1.45 bits per heavy atom. The molecule has 0 bridgehead atoms. The van der Waals surface area contributed by atoms with Crippen molar-refractivity contribution in [3.8, 4) is 5.75 Å². The molecule has 2 N–H and O–H groups in total. The summed E-state index contributed by atoms with van der Waals surface area (Å²) in [5.41, 5.74) is 0. The molecule has 0 fully saturated rings. The number of aliphatic carboxylic acids is 1. The number of rotatable bonds is 8. The lowest BCUT2D eigenvalue weighted by atomic mass is 10.3. The highest BCUT2D eigenvalue weighted by atomic mass is 32.2. The van der Waals surface area contributed by atoms with Gasteiger partial charge >= 0.3 is 5.97 Å². The zero-order valence-electron chi connectivity index (χ0n) is 11.0. The van der Waals surface area contributed by atoms with E-state index in [1.165, 1.54) is 30.8 Å². The first-order valence-electron chi connectivity index (χ1n) is 5.95. The minimum absolute atomic E-state index is 0.171. The Morgan fingerprint density at radius 3 is 2.75 bits per heavy atom. The highest BCUT2D eigenvalue weighted by Gasteiger charge is 2.17. The van der Waals surface area contributed by atoms with E-state index in [4.69, 9.17) is 9.84 Å². The molecule has 20 heavy (non-hydrogen) atoms. The summed E-state index contributed by atoms with van der Waals surface area (Å²) in [6, 6.07) is 5.15. The van der Waals surface area contributed by atoms with Crippen molar-refractivity contribution >= 4 is 23.6 Å². The van der Waals surface area contributed by atoms with E-state index in [2.05, 4.69) is 5.32 Å². The molecule has 1 atom stereocenters. The molecule has 0 aromatic heterocycles. The van der Waals surface area contributed by atoms with Gasteiger partial charge in [0.15, 0.2) is 11.6 Å². The second-order valence-corrected chi connectivity index (χ2v) is 5.09. The van der Waals surface area contributed by atoms with Gasteiger partial charge in [0.25, 0.3) is 0 Å². The van der Waals surface area contributed by atoms with Gasteiger partial charge in [-0.05, 0) is 12.1 Å². The van der Waals surface area contributed by atoms with Crippen LogP contribution in [0.3, 0.4) is 0 Å². The van der Waals surface area contributed by atoms with Gasteiger partial charge in [-0.2, -0.15) is 11.8 Å². The average molecular weight is 301 g/mol. The van der Waals surface area contributed by atoms with Gasteiger partial charge < -0.3 is 15.2 Å². The number of carboxylic acids is 1. The van der Waals surface area contributed by atoms with Crippen molar-refractivity contribution in [3.05, 3.63) is 30.1 Å². The van der Waals surface area contributed by atoms with Crippen LogP contribution in [0.2, 0.25) is 0 Å². The molecule has 0 spiro atoms. The summed E-state index contributed by atoms with van der Waals surface area (Å²) >= 11 is 1.31. The Morgan fingerprint density at radius 2 is 2.15 bits per heavy atom. The van der Waals surface area contributed by atoms with Crippen LogP contribution in [0.1, 0.15) is 6.92 Å². The Kier molecular flexibility index (Phi) is 6.86. The molecular weight excluding hydrogens is 285 g/mol. The summed E-state index contributed by atoms with van der Waals surface area (Å²) in [7, 11) is 0. The molecule has 0 aliphatic carbocycles. The van der Waals surface area contributed by atoms with E-state index in [0.717, 1.165) is 0 Å². The SMILES string of the molecule is CC(=O)N[C@@H](CSCCOc1ccccc1F)C(=O)O. The molecule has 1 rings (SSSR count). The Bertz CT molecular complexity index is 469. The number of hydrogen-bond acceptors (Lipinski definition) is 4. The normalized spacial score (nSPS) is 11.7. The molecule has 5 nitrogen and oxygen atoms in total. The number of ether oxygens (including phenoxy) is 1. The zero-order valence-corrected chi connectivity index (χ0v) is 11.8. The summed E-state index contributed by atoms with van der Waals surface area (Å²) in [4.78, 5) is 21.7. The molecule has 0 saturated heterocycles. The van der Waals surface area contributed by atoms with Gasteiger partial charge in [-0.3, -0.25) is 4.79 Å². The van der Waals surface area contributed by atoms with Crippen molar-refractivity contribution in [2.24, 2.45) is 0 Å². The summed E-state index contributed by atoms with van der Waals surface area (Å²) in [6.07, 6.45) is 0. The van der Waals surface area contributed by atoms with Crippen LogP contribution in [0.4, 0.5) is 4.39 Å². The molecule has 1 amide bonds. The number of para-hydroxylation sites is 1. The molecule has 0 aliphatic heterocycles. The van der Waals surface area contributed by atoms with Crippen molar-refractivity contribution in [2.45, 2.75) is 13.0 Å². The molecule has 7 heteroatoms. The van der Waals surface area contributed by atoms with Crippen LogP contribution in [0.25, 0.3) is 0 Å². The Balaban J connectivity index is 2.25. The topological polar surface area (TPSA) is 75.6 Å². The van der Waals surface area contributed by atoms with Gasteiger partial charge in [-0.1, -0.05) is 12.1 Å². The second-order valence-electron chi connectivity index (χ2n) is 3.95. The fourth-order valence-corrected chi connectivity index (χ4v) is 2.22. The highest BCUT2D eigenvalue weighted by molar-refractivity contribution is 7.99. The molecule has 0 heterocycles. The molecule has 0 unspecified atom stereocenters. The van der Waals surface area contributed by atoms with E-state index in [0.29, 0.717) is 5.75 Å². The van der Waals surface area contributed by atoms with Crippen molar-refractivity contribution in [1.82, 2.24) is 5.32 Å². The quantitative estimate of drug-likeness (QED) is 0.712. The predicted molar refractivity (Wildman–Crippen MR) is 74.5 cm³/mol. The largest absolute Gasteiger partial charge is 0.490 e. The third-order valence-electron chi connectivity index (χ3n) is 2.28. The third kappa shape index (κ3) is 5.92. The molecule has 0 saturated carbocycles. The van der Waals surface area contributed by atoms with Gasteiger partial charge in [0.1, 0.15) is 6.04 Å². The van der Waals surface area contributed by atoms with E-state index in [1.54, 1.807) is 12.1 Å². The van der Waals surface area contributed by atoms with E-state index < -0.39 is 17.8 Å². The number of nitrogens with one attached hydrogen (secondary N) is 1. The molecule has 1 aromatic rings. The van der Waals surface area contributed by atoms with Gasteiger partial charge in [-0.25, -0.2) is 9.18 Å². The first kappa shape index (κ1) is 16.3. The number of benzene rings is 1. The van der Waals surface area contributed by atoms with Gasteiger partial charge in [0.05, 0.1) is 6.61 Å². The Labute approximate surface area is 120 Å². The summed E-state index contributed by atoms with van der Waals surface area (Å²) in [5.74, 6) is -1.00. The van der Waals surface area contributed by atoms with E-state index in [-0.39, 0.29) is 24.0 Å². The lowest BCUT2D eigenvalue weighted by Crippen LogP contribution is -2.41. The van der Waals surface area contributed by atoms with E-state index in [1.807, 2.05) is 0 Å². The molecule has 1 aromatic carbocycles. The van der Waals surface area contributed by atoms with E-state index in [9.17, 15) is 14.0 Å².